The van der Waals surface area contributed by atoms with E-state index in [0.717, 1.165) is 0 Å². The maximum Gasteiger partial charge on any atom is 2.00 e. The van der Waals surface area contributed by atoms with E-state index in [0.29, 0.717) is 0 Å². The summed E-state index contributed by atoms with van der Waals surface area (Å²) in [6.07, 6.45) is -0.833. The van der Waals surface area contributed by atoms with Crippen molar-refractivity contribution in [3.05, 3.63) is 0 Å². The minimum absolute atomic E-state index is 0. The quantitative estimate of drug-likeness (QED) is 0.606. The first-order valence-corrected chi connectivity index (χ1v) is 2.78. The van der Waals surface area contributed by atoms with Crippen molar-refractivity contribution in [2.24, 2.45) is 0 Å². The summed E-state index contributed by atoms with van der Waals surface area (Å²) in [4.78, 5) is 0. The predicted molar refractivity (Wildman–Crippen MR) is 30.3 cm³/mol. The molecule has 0 atom stereocenters. The van der Waals surface area contributed by atoms with E-state index in [1.165, 1.54) is 0 Å². The Morgan fingerprint density at radius 2 is 0.778 bits per heavy atom. The van der Waals surface area contributed by atoms with Gasteiger partial charge < -0.3 is 10.2 Å². The zero-order chi connectivity index (χ0) is 7.15. The molecule has 3 heteroatoms. The third-order valence-corrected chi connectivity index (χ3v) is 0. The minimum Gasteiger partial charge on any atom is -0.852 e. The molecule has 0 radical (unpaired) electrons. The van der Waals surface area contributed by atoms with Crippen molar-refractivity contribution in [3.63, 3.8) is 0 Å². The van der Waals surface area contributed by atoms with Crippen molar-refractivity contribution in [2.45, 2.75) is 39.9 Å². The molecule has 0 amide bonds. The Kier molecular flexibility index (Phi) is 20.7. The van der Waals surface area contributed by atoms with Gasteiger partial charge in [0.05, 0.1) is 0 Å². The van der Waals surface area contributed by atoms with Gasteiger partial charge in [-0.15, -0.1) is 12.2 Å². The second-order valence-corrected chi connectivity index (χ2v) is 2.10. The van der Waals surface area contributed by atoms with E-state index in [-0.39, 0.29) is 21.1 Å². The van der Waals surface area contributed by atoms with Gasteiger partial charge in [0.25, 0.3) is 0 Å². The summed E-state index contributed by atoms with van der Waals surface area (Å²) in [6.45, 7) is 6.44. The molecule has 0 N–H and O–H groups in total. The molecule has 0 fully saturated rings. The number of hydrogen-bond acceptors (Lipinski definition) is 2. The molecule has 9 heavy (non-hydrogen) atoms. The van der Waals surface area contributed by atoms with Crippen molar-refractivity contribution < 1.29 is 31.3 Å². The summed E-state index contributed by atoms with van der Waals surface area (Å²) in [5, 5.41) is 19.1. The Labute approximate surface area is 71.5 Å². The van der Waals surface area contributed by atoms with Crippen molar-refractivity contribution in [2.75, 3.05) is 0 Å². The maximum atomic E-state index is 9.53. The van der Waals surface area contributed by atoms with Crippen LogP contribution in [-0.4, -0.2) is 12.2 Å². The normalized spacial score (nSPS) is 8.00. The van der Waals surface area contributed by atoms with Crippen LogP contribution in [0.25, 0.3) is 0 Å². The average Bonchev–Trinajstić information content (AvgIpc) is 1.25. The van der Waals surface area contributed by atoms with E-state index in [1.54, 1.807) is 27.7 Å². The summed E-state index contributed by atoms with van der Waals surface area (Å²) in [5.74, 6) is 0. The number of rotatable bonds is 0. The van der Waals surface area contributed by atoms with E-state index in [9.17, 15) is 10.2 Å². The Bertz CT molecular complexity index is 26.5. The molecule has 0 aromatic rings. The Morgan fingerprint density at radius 1 is 0.778 bits per heavy atom. The molecule has 0 saturated heterocycles. The van der Waals surface area contributed by atoms with Crippen LogP contribution in [-0.2, 0) is 21.1 Å². The van der Waals surface area contributed by atoms with Gasteiger partial charge in [0.1, 0.15) is 0 Å². The predicted octanol–water partition coefficient (Wildman–Crippen LogP) is -0.492. The molecular formula is C6H14O2Pt. The standard InChI is InChI=1S/2C3H7O.Pt/c2*1-3(2)4;/h2*3H,1-2H3;/q2*-1;+2. The van der Waals surface area contributed by atoms with Crippen LogP contribution in [0.15, 0.2) is 0 Å². The third-order valence-electron chi connectivity index (χ3n) is 0. The molecule has 0 aliphatic rings. The first kappa shape index (κ1) is 16.3. The first-order chi connectivity index (χ1) is 3.46. The van der Waals surface area contributed by atoms with Crippen LogP contribution in [0.4, 0.5) is 0 Å². The van der Waals surface area contributed by atoms with E-state index >= 15 is 0 Å². The van der Waals surface area contributed by atoms with Crippen LogP contribution in [0, 0.1) is 0 Å². The second-order valence-electron chi connectivity index (χ2n) is 2.10. The van der Waals surface area contributed by atoms with Crippen molar-refractivity contribution in [1.82, 2.24) is 0 Å². The molecule has 0 aliphatic heterocycles. The molecule has 0 bridgehead atoms. The third kappa shape index (κ3) is 1020. The van der Waals surface area contributed by atoms with E-state index in [4.69, 9.17) is 0 Å². The molecular weight excluding hydrogens is 299 g/mol. The Hall–Kier alpha value is 0.608. The molecule has 0 aromatic heterocycles. The van der Waals surface area contributed by atoms with Gasteiger partial charge in [0.15, 0.2) is 0 Å². The van der Waals surface area contributed by atoms with Crippen LogP contribution in [0.5, 0.6) is 0 Å². The first-order valence-electron chi connectivity index (χ1n) is 2.78. The van der Waals surface area contributed by atoms with Gasteiger partial charge in [-0.2, -0.15) is 0 Å². The molecule has 0 spiro atoms. The van der Waals surface area contributed by atoms with Crippen LogP contribution < -0.4 is 10.2 Å². The van der Waals surface area contributed by atoms with Crippen LogP contribution in [0.2, 0.25) is 0 Å². The zero-order valence-corrected chi connectivity index (χ0v) is 8.56. The maximum absolute atomic E-state index is 9.53. The van der Waals surface area contributed by atoms with Gasteiger partial charge in [-0.05, 0) is 0 Å². The van der Waals surface area contributed by atoms with Crippen LogP contribution >= 0.6 is 0 Å². The molecule has 0 aliphatic carbocycles. The monoisotopic (exact) mass is 313 g/mol. The van der Waals surface area contributed by atoms with E-state index in [1.807, 2.05) is 0 Å². The van der Waals surface area contributed by atoms with Crippen LogP contribution in [0.3, 0.4) is 0 Å². The second kappa shape index (κ2) is 11.4. The van der Waals surface area contributed by atoms with E-state index in [2.05, 4.69) is 0 Å². The van der Waals surface area contributed by atoms with Crippen molar-refractivity contribution in [1.29, 1.82) is 0 Å². The largest absolute Gasteiger partial charge is 2.00 e. The van der Waals surface area contributed by atoms with Crippen LogP contribution in [0.1, 0.15) is 27.7 Å². The van der Waals surface area contributed by atoms with Gasteiger partial charge in [0.2, 0.25) is 0 Å². The van der Waals surface area contributed by atoms with Gasteiger partial charge in [-0.1, -0.05) is 27.7 Å². The zero-order valence-electron chi connectivity index (χ0n) is 6.29. The topological polar surface area (TPSA) is 46.1 Å². The van der Waals surface area contributed by atoms with Crippen molar-refractivity contribution in [3.8, 4) is 0 Å². The summed E-state index contributed by atoms with van der Waals surface area (Å²) in [5.41, 5.74) is 0. The molecule has 0 heterocycles. The van der Waals surface area contributed by atoms with Crippen molar-refractivity contribution >= 4 is 0 Å². The van der Waals surface area contributed by atoms with E-state index < -0.39 is 12.2 Å². The summed E-state index contributed by atoms with van der Waals surface area (Å²) < 4.78 is 0. The molecule has 0 aromatic carbocycles. The summed E-state index contributed by atoms with van der Waals surface area (Å²) >= 11 is 0. The fraction of sp³-hybridized carbons (Fsp3) is 1.00. The molecule has 2 nitrogen and oxygen atoms in total. The SMILES string of the molecule is CC(C)[O-].CC(C)[O-].[Pt+2]. The fourth-order valence-corrected chi connectivity index (χ4v) is 0. The average molecular weight is 313 g/mol. The molecule has 60 valence electrons. The minimum atomic E-state index is -0.417. The summed E-state index contributed by atoms with van der Waals surface area (Å²) in [6, 6.07) is 0. The van der Waals surface area contributed by atoms with Gasteiger partial charge >= 0.3 is 21.1 Å². The Balaban J connectivity index is -0.0000000720. The molecule has 0 rings (SSSR count). The number of hydrogen-bond donors (Lipinski definition) is 0. The molecule has 0 unspecified atom stereocenters. The summed E-state index contributed by atoms with van der Waals surface area (Å²) in [7, 11) is 0. The fourth-order valence-electron chi connectivity index (χ4n) is 0. The van der Waals surface area contributed by atoms with Gasteiger partial charge in [0, 0.05) is 0 Å². The molecule has 0 saturated carbocycles. The Morgan fingerprint density at radius 3 is 0.778 bits per heavy atom. The smallest absolute Gasteiger partial charge is 0.852 e. The van der Waals surface area contributed by atoms with Gasteiger partial charge in [-0.25, -0.2) is 0 Å². The van der Waals surface area contributed by atoms with Gasteiger partial charge in [-0.3, -0.25) is 0 Å².